The van der Waals surface area contributed by atoms with E-state index in [1.807, 2.05) is 49.4 Å². The van der Waals surface area contributed by atoms with Crippen molar-refractivity contribution in [2.45, 2.75) is 19.9 Å². The molecule has 3 rings (SSSR count). The molecule has 2 N–H and O–H groups in total. The van der Waals surface area contributed by atoms with Gasteiger partial charge in [0.05, 0.1) is 11.6 Å². The third-order valence-corrected chi connectivity index (χ3v) is 4.17. The van der Waals surface area contributed by atoms with Crippen LogP contribution in [0, 0.1) is 5.82 Å². The van der Waals surface area contributed by atoms with Gasteiger partial charge in [-0.3, -0.25) is 9.59 Å². The Hall–Kier alpha value is -3.21. The van der Waals surface area contributed by atoms with E-state index >= 15 is 0 Å². The minimum Gasteiger partial charge on any atom is -0.345 e. The highest BCUT2D eigenvalue weighted by molar-refractivity contribution is 5.97. The van der Waals surface area contributed by atoms with Gasteiger partial charge in [0.15, 0.2) is 0 Å². The van der Waals surface area contributed by atoms with E-state index in [2.05, 4.69) is 10.6 Å². The first-order valence-electron chi connectivity index (χ1n) is 8.31. The summed E-state index contributed by atoms with van der Waals surface area (Å²) in [5.41, 5.74) is 1.22. The lowest BCUT2D eigenvalue weighted by molar-refractivity contribution is -0.114. The fourth-order valence-electron chi connectivity index (χ4n) is 2.96. The van der Waals surface area contributed by atoms with Crippen LogP contribution < -0.4 is 10.6 Å². The summed E-state index contributed by atoms with van der Waals surface area (Å²) in [5, 5.41) is 7.50. The molecule has 5 heteroatoms. The van der Waals surface area contributed by atoms with E-state index < -0.39 is 11.7 Å². The van der Waals surface area contributed by atoms with Crippen molar-refractivity contribution < 1.29 is 14.0 Å². The van der Waals surface area contributed by atoms with Crippen LogP contribution in [-0.4, -0.2) is 11.8 Å². The second kappa shape index (κ2) is 7.35. The van der Waals surface area contributed by atoms with Crippen molar-refractivity contribution in [1.82, 2.24) is 5.32 Å². The highest BCUT2D eigenvalue weighted by Gasteiger charge is 2.17. The minimum absolute atomic E-state index is 0.108. The lowest BCUT2D eigenvalue weighted by Gasteiger charge is -2.17. The summed E-state index contributed by atoms with van der Waals surface area (Å²) in [6, 6.07) is 17.4. The molecule has 0 heterocycles. The second-order valence-electron chi connectivity index (χ2n) is 6.14. The molecule has 3 aromatic rings. The summed E-state index contributed by atoms with van der Waals surface area (Å²) in [6.07, 6.45) is 0. The summed E-state index contributed by atoms with van der Waals surface area (Å²) < 4.78 is 14.1. The van der Waals surface area contributed by atoms with E-state index in [1.165, 1.54) is 25.1 Å². The Labute approximate surface area is 151 Å². The lowest BCUT2D eigenvalue weighted by atomic mass is 9.99. The van der Waals surface area contributed by atoms with E-state index in [0.717, 1.165) is 16.3 Å². The lowest BCUT2D eigenvalue weighted by Crippen LogP contribution is -2.27. The van der Waals surface area contributed by atoms with Crippen molar-refractivity contribution in [2.75, 3.05) is 5.32 Å². The van der Waals surface area contributed by atoms with Gasteiger partial charge in [-0.1, -0.05) is 42.5 Å². The van der Waals surface area contributed by atoms with Crippen LogP contribution >= 0.6 is 0 Å². The molecule has 0 aliphatic heterocycles. The number of halogens is 1. The van der Waals surface area contributed by atoms with Crippen LogP contribution in [0.5, 0.6) is 0 Å². The van der Waals surface area contributed by atoms with Crippen LogP contribution in [0.2, 0.25) is 0 Å². The van der Waals surface area contributed by atoms with Crippen LogP contribution in [0.3, 0.4) is 0 Å². The molecular formula is C21H19FN2O2. The molecule has 0 bridgehead atoms. The van der Waals surface area contributed by atoms with Crippen molar-refractivity contribution in [3.63, 3.8) is 0 Å². The van der Waals surface area contributed by atoms with Crippen molar-refractivity contribution in [1.29, 1.82) is 0 Å². The third-order valence-electron chi connectivity index (χ3n) is 4.17. The number of benzene rings is 3. The molecule has 26 heavy (non-hydrogen) atoms. The van der Waals surface area contributed by atoms with Gasteiger partial charge in [-0.2, -0.15) is 0 Å². The Bertz CT molecular complexity index is 979. The van der Waals surface area contributed by atoms with Crippen molar-refractivity contribution >= 4 is 28.3 Å². The third kappa shape index (κ3) is 3.72. The Kier molecular flexibility index (Phi) is 4.98. The maximum atomic E-state index is 14.1. The van der Waals surface area contributed by atoms with Crippen molar-refractivity contribution in [3.8, 4) is 0 Å². The predicted molar refractivity (Wildman–Crippen MR) is 101 cm³/mol. The molecule has 0 saturated carbocycles. The first-order valence-corrected chi connectivity index (χ1v) is 8.31. The molecule has 0 saturated heterocycles. The summed E-state index contributed by atoms with van der Waals surface area (Å²) >= 11 is 0. The van der Waals surface area contributed by atoms with Gasteiger partial charge in [-0.05, 0) is 41.5 Å². The van der Waals surface area contributed by atoms with Gasteiger partial charge in [-0.15, -0.1) is 0 Å². The molecular weight excluding hydrogens is 331 g/mol. The smallest absolute Gasteiger partial charge is 0.254 e. The number of hydrogen-bond donors (Lipinski definition) is 2. The SMILES string of the molecule is CC(=O)Nc1ccc(F)c(C(=O)N[C@H](C)c2cccc3ccccc23)c1. The molecule has 1 atom stereocenters. The number of carbonyl (C=O) groups is 2. The summed E-state index contributed by atoms with van der Waals surface area (Å²) in [6.45, 7) is 3.21. The van der Waals surface area contributed by atoms with Gasteiger partial charge in [0.1, 0.15) is 5.82 Å². The maximum Gasteiger partial charge on any atom is 0.254 e. The average molecular weight is 350 g/mol. The molecule has 0 radical (unpaired) electrons. The van der Waals surface area contributed by atoms with Crippen LogP contribution in [0.4, 0.5) is 10.1 Å². The van der Waals surface area contributed by atoms with Gasteiger partial charge in [0.25, 0.3) is 5.91 Å². The number of hydrogen-bond acceptors (Lipinski definition) is 2. The predicted octanol–water partition coefficient (Wildman–Crippen LogP) is 4.43. The van der Waals surface area contributed by atoms with E-state index in [1.54, 1.807) is 0 Å². The number of anilines is 1. The standard InChI is InChI=1S/C21H19FN2O2/c1-13(17-9-5-7-15-6-3-4-8-18(15)17)23-21(26)19-12-16(24-14(2)25)10-11-20(19)22/h3-13H,1-2H3,(H,23,26)(H,24,25)/t13-/m1/s1. The number of carbonyl (C=O) groups excluding carboxylic acids is 2. The maximum absolute atomic E-state index is 14.1. The normalized spacial score (nSPS) is 11.8. The van der Waals surface area contributed by atoms with Gasteiger partial charge < -0.3 is 10.6 Å². The molecule has 4 nitrogen and oxygen atoms in total. The minimum atomic E-state index is -0.637. The number of nitrogens with one attached hydrogen (secondary N) is 2. The van der Waals surface area contributed by atoms with E-state index in [-0.39, 0.29) is 17.5 Å². The number of fused-ring (bicyclic) bond motifs is 1. The van der Waals surface area contributed by atoms with Gasteiger partial charge in [0, 0.05) is 12.6 Å². The Morgan fingerprint density at radius 1 is 1.00 bits per heavy atom. The highest BCUT2D eigenvalue weighted by Crippen LogP contribution is 2.24. The molecule has 0 aliphatic carbocycles. The van der Waals surface area contributed by atoms with E-state index in [0.29, 0.717) is 5.69 Å². The van der Waals surface area contributed by atoms with Crippen LogP contribution in [0.25, 0.3) is 10.8 Å². The zero-order valence-corrected chi connectivity index (χ0v) is 14.5. The van der Waals surface area contributed by atoms with Crippen molar-refractivity contribution in [2.24, 2.45) is 0 Å². The van der Waals surface area contributed by atoms with E-state index in [9.17, 15) is 14.0 Å². The first-order chi connectivity index (χ1) is 12.5. The topological polar surface area (TPSA) is 58.2 Å². The molecule has 0 fully saturated rings. The second-order valence-corrected chi connectivity index (χ2v) is 6.14. The van der Waals surface area contributed by atoms with Gasteiger partial charge in [-0.25, -0.2) is 4.39 Å². The van der Waals surface area contributed by atoms with Crippen LogP contribution in [0.15, 0.2) is 60.7 Å². The van der Waals surface area contributed by atoms with Crippen LogP contribution in [-0.2, 0) is 4.79 Å². The molecule has 0 unspecified atom stereocenters. The number of amides is 2. The average Bonchev–Trinajstić information content (AvgIpc) is 2.62. The summed E-state index contributed by atoms with van der Waals surface area (Å²) in [7, 11) is 0. The Morgan fingerprint density at radius 2 is 1.73 bits per heavy atom. The van der Waals surface area contributed by atoms with E-state index in [4.69, 9.17) is 0 Å². The molecule has 132 valence electrons. The first kappa shape index (κ1) is 17.6. The Balaban J connectivity index is 1.86. The molecule has 0 aromatic heterocycles. The van der Waals surface area contributed by atoms with Gasteiger partial charge >= 0.3 is 0 Å². The Morgan fingerprint density at radius 3 is 2.50 bits per heavy atom. The van der Waals surface area contributed by atoms with Crippen LogP contribution in [0.1, 0.15) is 35.8 Å². The zero-order valence-electron chi connectivity index (χ0n) is 14.5. The summed E-state index contributed by atoms with van der Waals surface area (Å²) in [5.74, 6) is -1.45. The largest absolute Gasteiger partial charge is 0.345 e. The summed E-state index contributed by atoms with van der Waals surface area (Å²) in [4.78, 5) is 23.7. The highest BCUT2D eigenvalue weighted by atomic mass is 19.1. The van der Waals surface area contributed by atoms with Crippen molar-refractivity contribution in [3.05, 3.63) is 77.6 Å². The molecule has 3 aromatic carbocycles. The fourth-order valence-corrected chi connectivity index (χ4v) is 2.96. The molecule has 2 amide bonds. The fraction of sp³-hybridized carbons (Fsp3) is 0.143. The zero-order chi connectivity index (χ0) is 18.7. The quantitative estimate of drug-likeness (QED) is 0.731. The monoisotopic (exact) mass is 350 g/mol. The van der Waals surface area contributed by atoms with Gasteiger partial charge in [0.2, 0.25) is 5.91 Å². The number of rotatable bonds is 4. The molecule has 0 spiro atoms. The molecule has 0 aliphatic rings.